The first-order valence-corrected chi connectivity index (χ1v) is 29.8. The Morgan fingerprint density at radius 2 is 0.873 bits per heavy atom. The smallest absolute Gasteiger partial charge is 0.393 e. The summed E-state index contributed by atoms with van der Waals surface area (Å²) >= 11 is 0. The SMILES string of the molecule is CCCCCCCCCCC/C=C\C/C=C\CCCCCCCC(O)CC(=O)NC(COP(=O)(O)OC1C(O)C(O)C(O)C(O)C1O)C(O)/C=C/CC/C=C/CC/C=C/CCCCCCCCCCCC. The van der Waals surface area contributed by atoms with Crippen molar-refractivity contribution in [3.63, 3.8) is 0 Å². The van der Waals surface area contributed by atoms with Crippen LogP contribution in [0.2, 0.25) is 0 Å². The number of phosphoric ester groups is 1. The van der Waals surface area contributed by atoms with Crippen LogP contribution >= 0.6 is 7.82 Å². The maximum atomic E-state index is 13.1. The summed E-state index contributed by atoms with van der Waals surface area (Å²) in [7, 11) is -5.17. The second-order valence-corrected chi connectivity index (χ2v) is 21.4. The van der Waals surface area contributed by atoms with E-state index in [0.717, 1.165) is 70.6 Å². The number of amides is 1. The Bertz CT molecular complexity index is 1440. The Morgan fingerprint density at radius 1 is 0.507 bits per heavy atom. The van der Waals surface area contributed by atoms with E-state index < -0.39 is 75.2 Å². The summed E-state index contributed by atoms with van der Waals surface area (Å²) in [4.78, 5) is 23.6. The van der Waals surface area contributed by atoms with Crippen molar-refractivity contribution in [3.05, 3.63) is 60.8 Å². The van der Waals surface area contributed by atoms with Gasteiger partial charge < -0.3 is 46.0 Å². The normalized spacial score (nSPS) is 22.1. The summed E-state index contributed by atoms with van der Waals surface area (Å²) in [5, 5.41) is 74.8. The molecular formula is C57H104NO12P. The van der Waals surface area contributed by atoms with Gasteiger partial charge in [-0.3, -0.25) is 13.8 Å². The molecular weight excluding hydrogens is 922 g/mol. The predicted octanol–water partition coefficient (Wildman–Crippen LogP) is 11.6. The second kappa shape index (κ2) is 45.4. The first-order chi connectivity index (χ1) is 34.3. The highest BCUT2D eigenvalue weighted by Crippen LogP contribution is 2.47. The van der Waals surface area contributed by atoms with Crippen molar-refractivity contribution in [2.45, 2.75) is 287 Å². The molecule has 9 N–H and O–H groups in total. The molecule has 0 aromatic rings. The fraction of sp³-hybridized carbons (Fsp3) is 0.807. The van der Waals surface area contributed by atoms with Crippen molar-refractivity contribution >= 4 is 13.7 Å². The quantitative estimate of drug-likeness (QED) is 0.0158. The highest BCUT2D eigenvalue weighted by atomic mass is 31.2. The number of allylic oxidation sites excluding steroid dienone is 9. The largest absolute Gasteiger partial charge is 0.472 e. The fourth-order valence-corrected chi connectivity index (χ4v) is 9.68. The predicted molar refractivity (Wildman–Crippen MR) is 289 cm³/mol. The van der Waals surface area contributed by atoms with Gasteiger partial charge in [-0.25, -0.2) is 4.57 Å². The molecule has 0 aromatic carbocycles. The minimum absolute atomic E-state index is 0.267. The maximum Gasteiger partial charge on any atom is 0.472 e. The molecule has 414 valence electrons. The number of unbranched alkanes of at least 4 members (excludes halogenated alkanes) is 26. The summed E-state index contributed by atoms with van der Waals surface area (Å²) < 4.78 is 23.0. The maximum absolute atomic E-state index is 13.1. The molecule has 0 bridgehead atoms. The standard InChI is InChI=1S/C57H104NO12P/c1-3-5-7-9-11-13-15-17-19-21-23-25-26-28-30-32-34-36-38-40-42-44-48(59)46-51(61)58-49(47-69-71(67,68)70-57-55(65)53(63)52(62)54(64)56(57)66)50(60)45-43-41-39-37-35-33-31-29-27-24-22-20-18-16-14-12-10-8-6-4-2/h23,25,27-30,35,37,43,45,48-50,52-57,59-60,62-66H,3-22,24,26,31-34,36,38-42,44,46-47H2,1-2H3,(H,58,61)(H,67,68)/b25-23-,29-27+,30-28-,37-35+,45-43+. The number of rotatable bonds is 47. The molecule has 1 rings (SSSR count). The highest BCUT2D eigenvalue weighted by Gasteiger charge is 2.51. The van der Waals surface area contributed by atoms with Crippen molar-refractivity contribution in [2.24, 2.45) is 0 Å². The van der Waals surface area contributed by atoms with Crippen LogP contribution in [0.15, 0.2) is 60.8 Å². The zero-order chi connectivity index (χ0) is 52.2. The van der Waals surface area contributed by atoms with Crippen molar-refractivity contribution < 1.29 is 59.0 Å². The molecule has 0 heterocycles. The lowest BCUT2D eigenvalue weighted by atomic mass is 9.85. The van der Waals surface area contributed by atoms with E-state index in [9.17, 15) is 50.0 Å². The van der Waals surface area contributed by atoms with Gasteiger partial charge in [0.15, 0.2) is 0 Å². The van der Waals surface area contributed by atoms with Gasteiger partial charge in [0.1, 0.15) is 36.6 Å². The van der Waals surface area contributed by atoms with Crippen LogP contribution < -0.4 is 5.32 Å². The summed E-state index contributed by atoms with van der Waals surface area (Å²) in [5.74, 6) is -0.615. The van der Waals surface area contributed by atoms with E-state index in [-0.39, 0.29) is 6.42 Å². The van der Waals surface area contributed by atoms with Gasteiger partial charge in [-0.15, -0.1) is 0 Å². The van der Waals surface area contributed by atoms with Crippen molar-refractivity contribution in [2.75, 3.05) is 6.61 Å². The second-order valence-electron chi connectivity index (χ2n) is 19.9. The Morgan fingerprint density at radius 3 is 1.32 bits per heavy atom. The van der Waals surface area contributed by atoms with Crippen LogP contribution in [0.4, 0.5) is 0 Å². The van der Waals surface area contributed by atoms with Gasteiger partial charge in [0.05, 0.1) is 31.3 Å². The van der Waals surface area contributed by atoms with E-state index in [0.29, 0.717) is 19.3 Å². The average molecular weight is 1030 g/mol. The first-order valence-electron chi connectivity index (χ1n) is 28.3. The fourth-order valence-electron chi connectivity index (χ4n) is 8.72. The number of hydrogen-bond donors (Lipinski definition) is 9. The zero-order valence-electron chi connectivity index (χ0n) is 44.4. The van der Waals surface area contributed by atoms with Gasteiger partial charge in [-0.05, 0) is 77.0 Å². The Hall–Kier alpha value is -2.00. The Labute approximate surface area is 431 Å². The third-order valence-corrected chi connectivity index (χ3v) is 14.3. The van der Waals surface area contributed by atoms with Gasteiger partial charge >= 0.3 is 7.82 Å². The third-order valence-electron chi connectivity index (χ3n) is 13.3. The molecule has 1 amide bonds. The van der Waals surface area contributed by atoms with E-state index >= 15 is 0 Å². The van der Waals surface area contributed by atoms with Crippen LogP contribution in [0.5, 0.6) is 0 Å². The molecule has 8 atom stereocenters. The number of nitrogens with one attached hydrogen (secondary N) is 1. The van der Waals surface area contributed by atoms with Crippen molar-refractivity contribution in [3.8, 4) is 0 Å². The van der Waals surface area contributed by atoms with E-state index in [1.165, 1.54) is 128 Å². The lowest BCUT2D eigenvalue weighted by molar-refractivity contribution is -0.220. The summed E-state index contributed by atoms with van der Waals surface area (Å²) in [6.45, 7) is 3.75. The molecule has 1 fully saturated rings. The lowest BCUT2D eigenvalue weighted by Crippen LogP contribution is -2.64. The Balaban J connectivity index is 2.48. The van der Waals surface area contributed by atoms with Crippen LogP contribution in [0.25, 0.3) is 0 Å². The summed E-state index contributed by atoms with van der Waals surface area (Å²) in [5.41, 5.74) is 0. The van der Waals surface area contributed by atoms with E-state index in [2.05, 4.69) is 67.8 Å². The molecule has 1 aliphatic rings. The molecule has 0 aromatic heterocycles. The summed E-state index contributed by atoms with van der Waals surface area (Å²) in [6, 6.07) is -1.27. The molecule has 0 radical (unpaired) electrons. The molecule has 8 unspecified atom stereocenters. The van der Waals surface area contributed by atoms with Crippen molar-refractivity contribution in [1.82, 2.24) is 5.32 Å². The molecule has 1 aliphatic carbocycles. The van der Waals surface area contributed by atoms with Gasteiger partial charge in [0.2, 0.25) is 5.91 Å². The Kier molecular flexibility index (Phi) is 42.8. The number of carbonyl (C=O) groups excluding carboxylic acids is 1. The molecule has 13 nitrogen and oxygen atoms in total. The zero-order valence-corrected chi connectivity index (χ0v) is 45.3. The van der Waals surface area contributed by atoms with Gasteiger partial charge in [-0.2, -0.15) is 0 Å². The van der Waals surface area contributed by atoms with E-state index in [1.807, 2.05) is 0 Å². The van der Waals surface area contributed by atoms with Crippen LogP contribution in [0, 0.1) is 0 Å². The minimum Gasteiger partial charge on any atom is -0.393 e. The number of aliphatic hydroxyl groups is 7. The van der Waals surface area contributed by atoms with Crippen LogP contribution in [-0.4, -0.2) is 108 Å². The van der Waals surface area contributed by atoms with Gasteiger partial charge in [0.25, 0.3) is 0 Å². The highest BCUT2D eigenvalue weighted by molar-refractivity contribution is 7.47. The number of aliphatic hydroxyl groups excluding tert-OH is 7. The molecule has 0 spiro atoms. The van der Waals surface area contributed by atoms with Gasteiger partial charge in [0, 0.05) is 0 Å². The molecule has 1 saturated carbocycles. The monoisotopic (exact) mass is 1030 g/mol. The van der Waals surface area contributed by atoms with E-state index in [1.54, 1.807) is 6.08 Å². The summed E-state index contributed by atoms with van der Waals surface area (Å²) in [6.07, 6.45) is 44.4. The van der Waals surface area contributed by atoms with Crippen LogP contribution in [0.1, 0.15) is 232 Å². The van der Waals surface area contributed by atoms with E-state index in [4.69, 9.17) is 9.05 Å². The topological polar surface area (TPSA) is 226 Å². The molecule has 0 aliphatic heterocycles. The molecule has 14 heteroatoms. The average Bonchev–Trinajstić information content (AvgIpc) is 3.35. The molecule has 71 heavy (non-hydrogen) atoms. The van der Waals surface area contributed by atoms with Crippen molar-refractivity contribution in [1.29, 1.82) is 0 Å². The first kappa shape index (κ1) is 67.0. The number of carbonyl (C=O) groups is 1. The van der Waals surface area contributed by atoms with Crippen LogP contribution in [-0.2, 0) is 18.4 Å². The molecule has 0 saturated heterocycles. The van der Waals surface area contributed by atoms with Gasteiger partial charge in [-0.1, -0.05) is 209 Å². The number of phosphoric acid groups is 1. The minimum atomic E-state index is -5.17. The lowest BCUT2D eigenvalue weighted by Gasteiger charge is -2.41. The number of hydrogen-bond acceptors (Lipinski definition) is 11. The van der Waals surface area contributed by atoms with Crippen LogP contribution in [0.3, 0.4) is 0 Å². The third kappa shape index (κ3) is 36.6.